The highest BCUT2D eigenvalue weighted by Gasteiger charge is 2.10. The Bertz CT molecular complexity index is 780. The molecule has 0 aliphatic carbocycles. The Morgan fingerprint density at radius 3 is 2.74 bits per heavy atom. The van der Waals surface area contributed by atoms with Crippen LogP contribution in [0.4, 0.5) is 0 Å². The molecule has 2 heterocycles. The molecule has 3 rings (SSSR count). The standard InChI is InChI=1S/C18H16N2O3/c1-22-15-6-4-13(5-7-15)17-11-16(23-20-17)8-9-18(21)14-3-2-10-19-12-14/h2-7,10-12H,8-9H2,1H3. The summed E-state index contributed by atoms with van der Waals surface area (Å²) < 4.78 is 10.4. The summed E-state index contributed by atoms with van der Waals surface area (Å²) in [5.74, 6) is 1.52. The maximum absolute atomic E-state index is 12.0. The van der Waals surface area contributed by atoms with Crippen LogP contribution in [-0.2, 0) is 6.42 Å². The van der Waals surface area contributed by atoms with Crippen LogP contribution in [0.1, 0.15) is 22.5 Å². The first kappa shape index (κ1) is 15.0. The van der Waals surface area contributed by atoms with E-state index in [4.69, 9.17) is 9.26 Å². The highest BCUT2D eigenvalue weighted by atomic mass is 16.5. The largest absolute Gasteiger partial charge is 0.497 e. The summed E-state index contributed by atoms with van der Waals surface area (Å²) in [7, 11) is 1.63. The van der Waals surface area contributed by atoms with Crippen molar-refractivity contribution in [3.05, 3.63) is 66.2 Å². The predicted octanol–water partition coefficient (Wildman–Crippen LogP) is 3.56. The molecule has 0 unspecified atom stereocenters. The average molecular weight is 308 g/mol. The first-order valence-electron chi connectivity index (χ1n) is 7.29. The quantitative estimate of drug-likeness (QED) is 0.651. The minimum atomic E-state index is 0.0421. The van der Waals surface area contributed by atoms with Crippen LogP contribution >= 0.6 is 0 Å². The molecule has 0 fully saturated rings. The van der Waals surface area contributed by atoms with Crippen LogP contribution in [-0.4, -0.2) is 23.0 Å². The van der Waals surface area contributed by atoms with Gasteiger partial charge in [0.1, 0.15) is 17.2 Å². The highest BCUT2D eigenvalue weighted by molar-refractivity contribution is 5.95. The van der Waals surface area contributed by atoms with E-state index in [9.17, 15) is 4.79 Å². The number of benzene rings is 1. The van der Waals surface area contributed by atoms with E-state index in [1.807, 2.05) is 30.3 Å². The van der Waals surface area contributed by atoms with E-state index in [1.54, 1.807) is 31.6 Å². The first-order valence-corrected chi connectivity index (χ1v) is 7.29. The lowest BCUT2D eigenvalue weighted by molar-refractivity contribution is 0.0980. The van der Waals surface area contributed by atoms with E-state index >= 15 is 0 Å². The van der Waals surface area contributed by atoms with Crippen molar-refractivity contribution in [1.82, 2.24) is 10.1 Å². The second-order valence-corrected chi connectivity index (χ2v) is 5.07. The maximum Gasteiger partial charge on any atom is 0.164 e. The van der Waals surface area contributed by atoms with E-state index in [-0.39, 0.29) is 5.78 Å². The van der Waals surface area contributed by atoms with Gasteiger partial charge in [-0.3, -0.25) is 9.78 Å². The molecule has 0 saturated heterocycles. The minimum absolute atomic E-state index is 0.0421. The normalized spacial score (nSPS) is 10.5. The molecule has 1 aromatic carbocycles. The number of Topliss-reactive ketones (excluding diaryl/α,β-unsaturated/α-hetero) is 1. The van der Waals surface area contributed by atoms with Crippen LogP contribution < -0.4 is 4.74 Å². The van der Waals surface area contributed by atoms with E-state index < -0.39 is 0 Å². The summed E-state index contributed by atoms with van der Waals surface area (Å²) >= 11 is 0. The lowest BCUT2D eigenvalue weighted by Crippen LogP contribution is -2.00. The van der Waals surface area contributed by atoms with Crippen LogP contribution in [0.5, 0.6) is 5.75 Å². The number of ether oxygens (including phenoxy) is 1. The number of nitrogens with zero attached hydrogens (tertiary/aromatic N) is 2. The zero-order valence-electron chi connectivity index (χ0n) is 12.7. The SMILES string of the molecule is COc1ccc(-c2cc(CCC(=O)c3cccnc3)on2)cc1. The number of aromatic nitrogens is 2. The zero-order chi connectivity index (χ0) is 16.1. The fourth-order valence-electron chi connectivity index (χ4n) is 2.24. The van der Waals surface area contributed by atoms with Crippen LogP contribution in [0.15, 0.2) is 59.4 Å². The van der Waals surface area contributed by atoms with Crippen molar-refractivity contribution >= 4 is 5.78 Å². The van der Waals surface area contributed by atoms with E-state index in [2.05, 4.69) is 10.1 Å². The smallest absolute Gasteiger partial charge is 0.164 e. The second-order valence-electron chi connectivity index (χ2n) is 5.07. The molecular formula is C18H16N2O3. The maximum atomic E-state index is 12.0. The van der Waals surface area contributed by atoms with Gasteiger partial charge in [0.25, 0.3) is 0 Å². The van der Waals surface area contributed by atoms with Crippen molar-refractivity contribution in [3.63, 3.8) is 0 Å². The number of carbonyl (C=O) groups is 1. The molecule has 0 aliphatic heterocycles. The summed E-state index contributed by atoms with van der Waals surface area (Å²) in [6.45, 7) is 0. The van der Waals surface area contributed by atoms with Crippen LogP contribution in [0.25, 0.3) is 11.3 Å². The number of aryl methyl sites for hydroxylation is 1. The number of hydrogen-bond acceptors (Lipinski definition) is 5. The second kappa shape index (κ2) is 6.87. The molecule has 2 aromatic heterocycles. The third-order valence-electron chi connectivity index (χ3n) is 3.53. The van der Waals surface area contributed by atoms with Gasteiger partial charge in [0.2, 0.25) is 0 Å². The molecule has 116 valence electrons. The number of methoxy groups -OCH3 is 1. The summed E-state index contributed by atoms with van der Waals surface area (Å²) in [5.41, 5.74) is 2.30. The summed E-state index contributed by atoms with van der Waals surface area (Å²) in [4.78, 5) is 16.0. The van der Waals surface area contributed by atoms with E-state index in [0.29, 0.717) is 24.2 Å². The zero-order valence-corrected chi connectivity index (χ0v) is 12.7. The Morgan fingerprint density at radius 2 is 2.04 bits per heavy atom. The van der Waals surface area contributed by atoms with Crippen molar-refractivity contribution in [2.24, 2.45) is 0 Å². The monoisotopic (exact) mass is 308 g/mol. The molecule has 0 N–H and O–H groups in total. The van der Waals surface area contributed by atoms with Gasteiger partial charge >= 0.3 is 0 Å². The molecule has 5 heteroatoms. The van der Waals surface area contributed by atoms with Crippen molar-refractivity contribution < 1.29 is 14.1 Å². The van der Waals surface area contributed by atoms with Crippen molar-refractivity contribution in [3.8, 4) is 17.0 Å². The molecule has 0 aliphatic rings. The number of rotatable bonds is 6. The number of hydrogen-bond donors (Lipinski definition) is 0. The molecular weight excluding hydrogens is 292 g/mol. The van der Waals surface area contributed by atoms with Crippen LogP contribution in [0.2, 0.25) is 0 Å². The van der Waals surface area contributed by atoms with E-state index in [1.165, 1.54) is 0 Å². The third kappa shape index (κ3) is 3.63. The van der Waals surface area contributed by atoms with Gasteiger partial charge in [-0.25, -0.2) is 0 Å². The lowest BCUT2D eigenvalue weighted by atomic mass is 10.1. The Labute approximate surface area is 133 Å². The first-order chi connectivity index (χ1) is 11.3. The lowest BCUT2D eigenvalue weighted by Gasteiger charge is -1.99. The van der Waals surface area contributed by atoms with Crippen molar-refractivity contribution in [2.45, 2.75) is 12.8 Å². The molecule has 23 heavy (non-hydrogen) atoms. The van der Waals surface area contributed by atoms with Gasteiger partial charge in [-0.05, 0) is 36.4 Å². The van der Waals surface area contributed by atoms with Gasteiger partial charge in [-0.2, -0.15) is 0 Å². The summed E-state index contributed by atoms with van der Waals surface area (Å²) in [5, 5.41) is 4.05. The van der Waals surface area contributed by atoms with Crippen LogP contribution in [0, 0.1) is 0 Å². The number of carbonyl (C=O) groups excluding carboxylic acids is 1. The third-order valence-corrected chi connectivity index (χ3v) is 3.53. The molecule has 0 radical (unpaired) electrons. The summed E-state index contributed by atoms with van der Waals surface area (Å²) in [6.07, 6.45) is 4.10. The fraction of sp³-hybridized carbons (Fsp3) is 0.167. The molecule has 0 atom stereocenters. The van der Waals surface area contributed by atoms with Gasteiger partial charge in [0, 0.05) is 42.4 Å². The van der Waals surface area contributed by atoms with Gasteiger partial charge in [-0.1, -0.05) is 5.16 Å². The topological polar surface area (TPSA) is 65.2 Å². The average Bonchev–Trinajstić information content (AvgIpc) is 3.09. The Morgan fingerprint density at radius 1 is 1.22 bits per heavy atom. The van der Waals surface area contributed by atoms with Gasteiger partial charge in [0.05, 0.1) is 7.11 Å². The molecule has 3 aromatic rings. The van der Waals surface area contributed by atoms with Crippen molar-refractivity contribution in [2.75, 3.05) is 7.11 Å². The number of pyridine rings is 1. The Kier molecular flexibility index (Phi) is 4.47. The molecule has 0 bridgehead atoms. The van der Waals surface area contributed by atoms with Gasteiger partial charge in [0.15, 0.2) is 5.78 Å². The van der Waals surface area contributed by atoms with E-state index in [0.717, 1.165) is 17.0 Å². The van der Waals surface area contributed by atoms with Gasteiger partial charge < -0.3 is 9.26 Å². The Hall–Kier alpha value is -2.95. The van der Waals surface area contributed by atoms with Crippen molar-refractivity contribution in [1.29, 1.82) is 0 Å². The highest BCUT2D eigenvalue weighted by Crippen LogP contribution is 2.22. The van der Waals surface area contributed by atoms with Gasteiger partial charge in [-0.15, -0.1) is 0 Å². The number of ketones is 1. The van der Waals surface area contributed by atoms with Crippen LogP contribution in [0.3, 0.4) is 0 Å². The summed E-state index contributed by atoms with van der Waals surface area (Å²) in [6, 6.07) is 13.0. The fourth-order valence-corrected chi connectivity index (χ4v) is 2.24. The minimum Gasteiger partial charge on any atom is -0.497 e. The molecule has 5 nitrogen and oxygen atoms in total. The Balaban J connectivity index is 1.64. The molecule has 0 saturated carbocycles. The molecule has 0 amide bonds. The predicted molar refractivity (Wildman–Crippen MR) is 85.4 cm³/mol. The molecule has 0 spiro atoms.